The average Bonchev–Trinajstić information content (AvgIpc) is 2.40. The fourth-order valence-corrected chi connectivity index (χ4v) is 1.37. The van der Waals surface area contributed by atoms with E-state index < -0.39 is 0 Å². The number of hydrogen-bond acceptors (Lipinski definition) is 3. The van der Waals surface area contributed by atoms with Gasteiger partial charge in [-0.3, -0.25) is 4.79 Å². The zero-order valence-electron chi connectivity index (χ0n) is 11.3. The topological polar surface area (TPSA) is 50.2 Å². The molecule has 2 aromatic rings. The van der Waals surface area contributed by atoms with Gasteiger partial charge in [0, 0.05) is 33.3 Å². The van der Waals surface area contributed by atoms with Crippen LogP contribution < -0.4 is 0 Å². The van der Waals surface area contributed by atoms with Gasteiger partial charge in [-0.2, -0.15) is 0 Å². The Balaban J connectivity index is 0.000000396. The zero-order valence-corrected chi connectivity index (χ0v) is 13.6. The molecule has 0 bridgehead atoms. The third kappa shape index (κ3) is 7.65. The molecule has 0 saturated heterocycles. The van der Waals surface area contributed by atoms with Crippen LogP contribution in [-0.4, -0.2) is 15.9 Å². The third-order valence-electron chi connectivity index (χ3n) is 2.06. The number of nitrogens with zero attached hydrogens (tertiary/aromatic N) is 1. The molecule has 0 atom stereocenters. The van der Waals surface area contributed by atoms with Crippen molar-refractivity contribution in [1.29, 1.82) is 0 Å². The van der Waals surface area contributed by atoms with Gasteiger partial charge in [-0.15, -0.1) is 35.9 Å². The zero-order chi connectivity index (χ0) is 14.1. The van der Waals surface area contributed by atoms with Gasteiger partial charge in [0.1, 0.15) is 0 Å². The predicted molar refractivity (Wildman–Crippen MR) is 75.6 cm³/mol. The first-order valence-corrected chi connectivity index (χ1v) is 5.85. The van der Waals surface area contributed by atoms with E-state index in [2.05, 4.69) is 11.1 Å². The molecule has 0 spiro atoms. The number of pyridine rings is 1. The van der Waals surface area contributed by atoms with Gasteiger partial charge in [0.15, 0.2) is 5.78 Å². The van der Waals surface area contributed by atoms with Gasteiger partial charge in [-0.1, -0.05) is 12.1 Å². The molecule has 0 unspecified atom stereocenters. The maximum Gasteiger partial charge on any atom is 0.155 e. The van der Waals surface area contributed by atoms with Gasteiger partial charge in [0.25, 0.3) is 0 Å². The van der Waals surface area contributed by atoms with Crippen molar-refractivity contribution in [3.05, 3.63) is 66.6 Å². The van der Waals surface area contributed by atoms with Gasteiger partial charge in [-0.05, 0) is 25.6 Å². The molecule has 0 fully saturated rings. The van der Waals surface area contributed by atoms with Crippen LogP contribution in [0.3, 0.4) is 0 Å². The Labute approximate surface area is 133 Å². The van der Waals surface area contributed by atoms with Crippen molar-refractivity contribution in [3.63, 3.8) is 0 Å². The van der Waals surface area contributed by atoms with Gasteiger partial charge in [0.05, 0.1) is 5.76 Å². The standard InChI is InChI=1S/C11H8N.C5H8O2.Pt/c1-2-6-10(7-3-1)11-8-4-5-9-12-11;1-4(6)3-5(2)7;/h1-6,8-9H;3,6H,1-2H3;/q-1;;. The van der Waals surface area contributed by atoms with Gasteiger partial charge < -0.3 is 10.1 Å². The number of carbonyl (C=O) groups excluding carboxylic acids is 1. The summed E-state index contributed by atoms with van der Waals surface area (Å²) in [5.74, 6) is -0.0625. The van der Waals surface area contributed by atoms with Crippen molar-refractivity contribution >= 4 is 5.78 Å². The summed E-state index contributed by atoms with van der Waals surface area (Å²) < 4.78 is 0. The SMILES string of the molecule is CC(=O)C=C(C)O.[Pt].[c-]1ccccc1-c1ccccn1. The van der Waals surface area contributed by atoms with Crippen molar-refractivity contribution in [1.82, 2.24) is 4.98 Å². The summed E-state index contributed by atoms with van der Waals surface area (Å²) in [7, 11) is 0. The largest absolute Gasteiger partial charge is 0.512 e. The Morgan fingerprint density at radius 2 is 1.90 bits per heavy atom. The number of benzene rings is 1. The number of carbonyl (C=O) groups is 1. The molecule has 0 aliphatic carbocycles. The van der Waals surface area contributed by atoms with Crippen molar-refractivity contribution in [3.8, 4) is 11.3 Å². The van der Waals surface area contributed by atoms with Crippen LogP contribution in [0, 0.1) is 6.07 Å². The number of allylic oxidation sites excluding steroid dienone is 2. The number of aliphatic hydroxyl groups excluding tert-OH is 1. The van der Waals surface area contributed by atoms with Crippen molar-refractivity contribution < 1.29 is 31.0 Å². The molecule has 1 heterocycles. The second kappa shape index (κ2) is 10.1. The van der Waals surface area contributed by atoms with Crippen LogP contribution in [0.25, 0.3) is 11.3 Å². The summed E-state index contributed by atoms with van der Waals surface area (Å²) in [6, 6.07) is 16.8. The molecule has 0 aliphatic heterocycles. The number of hydrogen-bond donors (Lipinski definition) is 1. The first kappa shape index (κ1) is 18.3. The molecule has 0 saturated carbocycles. The van der Waals surface area contributed by atoms with E-state index in [0.29, 0.717) is 0 Å². The van der Waals surface area contributed by atoms with Crippen molar-refractivity contribution in [2.75, 3.05) is 0 Å². The summed E-state index contributed by atoms with van der Waals surface area (Å²) in [6.07, 6.45) is 2.95. The Morgan fingerprint density at radius 1 is 1.20 bits per heavy atom. The minimum Gasteiger partial charge on any atom is -0.512 e. The Bertz CT molecular complexity index is 497. The molecule has 0 aliphatic rings. The van der Waals surface area contributed by atoms with E-state index in [0.717, 1.165) is 11.3 Å². The van der Waals surface area contributed by atoms with Gasteiger partial charge in [-0.25, -0.2) is 0 Å². The molecule has 3 nitrogen and oxygen atoms in total. The first-order chi connectivity index (χ1) is 9.09. The molecule has 20 heavy (non-hydrogen) atoms. The van der Waals surface area contributed by atoms with Crippen LogP contribution in [0.5, 0.6) is 0 Å². The number of aromatic nitrogens is 1. The molecule has 2 rings (SSSR count). The number of rotatable bonds is 2. The van der Waals surface area contributed by atoms with Crippen molar-refractivity contribution in [2.24, 2.45) is 0 Å². The fourth-order valence-electron chi connectivity index (χ4n) is 1.37. The van der Waals surface area contributed by atoms with Crippen LogP contribution in [-0.2, 0) is 25.9 Å². The second-order valence-corrected chi connectivity index (χ2v) is 3.89. The van der Waals surface area contributed by atoms with E-state index in [9.17, 15) is 4.79 Å². The van der Waals surface area contributed by atoms with Crippen LogP contribution in [0.1, 0.15) is 13.8 Å². The van der Waals surface area contributed by atoms with Crippen LogP contribution in [0.4, 0.5) is 0 Å². The van der Waals surface area contributed by atoms with E-state index >= 15 is 0 Å². The number of aliphatic hydroxyl groups is 1. The van der Waals surface area contributed by atoms with E-state index in [1.54, 1.807) is 6.20 Å². The quantitative estimate of drug-likeness (QED) is 0.433. The van der Waals surface area contributed by atoms with Crippen LogP contribution in [0.2, 0.25) is 0 Å². The Morgan fingerprint density at radius 3 is 2.30 bits per heavy atom. The van der Waals surface area contributed by atoms with Crippen LogP contribution >= 0.6 is 0 Å². The molecule has 1 N–H and O–H groups in total. The normalized spacial score (nSPS) is 9.80. The summed E-state index contributed by atoms with van der Waals surface area (Å²) in [5.41, 5.74) is 2.01. The third-order valence-corrected chi connectivity index (χ3v) is 2.06. The van der Waals surface area contributed by atoms with Crippen LogP contribution in [0.15, 0.2) is 60.5 Å². The van der Waals surface area contributed by atoms with E-state index in [1.807, 2.05) is 42.5 Å². The van der Waals surface area contributed by atoms with Gasteiger partial charge >= 0.3 is 0 Å². The number of ketones is 1. The first-order valence-electron chi connectivity index (χ1n) is 5.85. The molecule has 0 amide bonds. The molecule has 1 aromatic carbocycles. The fraction of sp³-hybridized carbons (Fsp3) is 0.125. The maximum absolute atomic E-state index is 10.0. The molecule has 108 valence electrons. The summed E-state index contributed by atoms with van der Waals surface area (Å²) in [6.45, 7) is 2.85. The molecular formula is C16H16NO2Pt-. The summed E-state index contributed by atoms with van der Waals surface area (Å²) in [5, 5.41) is 8.36. The molecule has 0 radical (unpaired) electrons. The molecule has 1 aromatic heterocycles. The van der Waals surface area contributed by atoms with Crippen molar-refractivity contribution in [2.45, 2.75) is 13.8 Å². The predicted octanol–water partition coefficient (Wildman–Crippen LogP) is 3.58. The monoisotopic (exact) mass is 449 g/mol. The van der Waals surface area contributed by atoms with E-state index in [4.69, 9.17) is 5.11 Å². The Hall–Kier alpha value is -1.73. The minimum atomic E-state index is -0.125. The second-order valence-electron chi connectivity index (χ2n) is 3.89. The molecular weight excluding hydrogens is 433 g/mol. The maximum atomic E-state index is 10.0. The smallest absolute Gasteiger partial charge is 0.155 e. The van der Waals surface area contributed by atoms with E-state index in [1.165, 1.54) is 19.9 Å². The molecule has 4 heteroatoms. The summed E-state index contributed by atoms with van der Waals surface area (Å²) in [4.78, 5) is 14.2. The summed E-state index contributed by atoms with van der Waals surface area (Å²) >= 11 is 0. The average molecular weight is 449 g/mol. The van der Waals surface area contributed by atoms with Gasteiger partial charge in [0.2, 0.25) is 0 Å². The Kier molecular flexibility index (Phi) is 9.23. The van der Waals surface area contributed by atoms with E-state index in [-0.39, 0.29) is 32.6 Å². The minimum absolute atomic E-state index is 0.